The van der Waals surface area contributed by atoms with E-state index in [2.05, 4.69) is 11.6 Å². The van der Waals surface area contributed by atoms with Crippen molar-refractivity contribution in [3.8, 4) is 0 Å². The number of thioether (sulfide) groups is 1. The molecule has 0 spiro atoms. The van der Waals surface area contributed by atoms with Crippen molar-refractivity contribution >= 4 is 33.1 Å². The molecule has 0 aliphatic heterocycles. The number of hydrogen-bond donors (Lipinski definition) is 2. The fraction of sp³-hybridized carbons (Fsp3) is 0.692. The summed E-state index contributed by atoms with van der Waals surface area (Å²) in [7, 11) is -3.36. The number of nitrogens with one attached hydrogen (secondary N) is 1. The molecular weight excluding hydrogens is 312 g/mol. The molecule has 0 radical (unpaired) electrons. The van der Waals surface area contributed by atoms with Crippen molar-refractivity contribution in [2.75, 3.05) is 12.3 Å². The fourth-order valence-corrected chi connectivity index (χ4v) is 6.30. The molecular formula is C13H22N2O2S3. The first-order valence-electron chi connectivity index (χ1n) is 6.98. The molecule has 0 bridgehead atoms. The molecule has 1 aliphatic rings. The molecule has 20 heavy (non-hydrogen) atoms. The van der Waals surface area contributed by atoms with Gasteiger partial charge in [-0.2, -0.15) is 11.8 Å². The number of hydrogen-bond acceptors (Lipinski definition) is 5. The van der Waals surface area contributed by atoms with Gasteiger partial charge in [0.1, 0.15) is 4.21 Å². The minimum absolute atomic E-state index is 0.0871. The molecule has 7 heteroatoms. The van der Waals surface area contributed by atoms with E-state index in [4.69, 9.17) is 5.73 Å². The molecule has 0 aromatic carbocycles. The lowest BCUT2D eigenvalue weighted by molar-refractivity contribution is 0.554. The second-order valence-corrected chi connectivity index (χ2v) is 9.65. The van der Waals surface area contributed by atoms with Crippen LogP contribution in [-0.4, -0.2) is 32.0 Å². The molecule has 114 valence electrons. The van der Waals surface area contributed by atoms with Crippen molar-refractivity contribution in [1.29, 1.82) is 0 Å². The lowest BCUT2D eigenvalue weighted by Gasteiger charge is -2.12. The summed E-state index contributed by atoms with van der Waals surface area (Å²) >= 11 is 3.25. The summed E-state index contributed by atoms with van der Waals surface area (Å²) in [5, 5.41) is 0.601. The number of nitrogens with two attached hydrogens (primary N) is 1. The molecule has 1 heterocycles. The van der Waals surface area contributed by atoms with Gasteiger partial charge in [0.15, 0.2) is 0 Å². The highest BCUT2D eigenvalue weighted by Crippen LogP contribution is 2.31. The topological polar surface area (TPSA) is 72.2 Å². The van der Waals surface area contributed by atoms with Gasteiger partial charge in [0.2, 0.25) is 10.0 Å². The molecule has 2 rings (SSSR count). The van der Waals surface area contributed by atoms with Crippen molar-refractivity contribution in [3.63, 3.8) is 0 Å². The highest BCUT2D eigenvalue weighted by molar-refractivity contribution is 7.99. The van der Waals surface area contributed by atoms with Crippen molar-refractivity contribution in [2.24, 2.45) is 5.73 Å². The molecule has 3 N–H and O–H groups in total. The Morgan fingerprint density at radius 1 is 1.45 bits per heavy atom. The Kier molecular flexibility index (Phi) is 5.92. The van der Waals surface area contributed by atoms with E-state index in [9.17, 15) is 8.42 Å². The average molecular weight is 335 g/mol. The van der Waals surface area contributed by atoms with Gasteiger partial charge in [-0.1, -0.05) is 6.92 Å². The number of rotatable bonds is 7. The summed E-state index contributed by atoms with van der Waals surface area (Å²) in [5.41, 5.74) is 5.49. The Balaban J connectivity index is 1.97. The minimum Gasteiger partial charge on any atom is -0.330 e. The first-order chi connectivity index (χ1) is 9.55. The normalized spacial score (nSPS) is 23.3. The summed E-state index contributed by atoms with van der Waals surface area (Å²) in [6.45, 7) is 2.69. The quantitative estimate of drug-likeness (QED) is 0.802. The maximum Gasteiger partial charge on any atom is 0.250 e. The maximum absolute atomic E-state index is 12.3. The van der Waals surface area contributed by atoms with Crippen LogP contribution in [0, 0.1) is 0 Å². The van der Waals surface area contributed by atoms with E-state index in [0.29, 0.717) is 16.0 Å². The second-order valence-electron chi connectivity index (χ2n) is 4.97. The molecule has 1 aliphatic carbocycles. The van der Waals surface area contributed by atoms with Crippen LogP contribution in [0.2, 0.25) is 0 Å². The van der Waals surface area contributed by atoms with Gasteiger partial charge in [-0.05, 0) is 50.1 Å². The lowest BCUT2D eigenvalue weighted by atomic mass is 10.3. The summed E-state index contributed by atoms with van der Waals surface area (Å²) < 4.78 is 27.9. The van der Waals surface area contributed by atoms with Crippen LogP contribution in [0.1, 0.15) is 31.1 Å². The molecule has 2 atom stereocenters. The Labute approximate surface area is 129 Å². The van der Waals surface area contributed by atoms with E-state index in [0.717, 1.165) is 36.3 Å². The molecule has 0 amide bonds. The van der Waals surface area contributed by atoms with E-state index in [1.807, 2.05) is 17.8 Å². The van der Waals surface area contributed by atoms with E-state index >= 15 is 0 Å². The third-order valence-corrected chi connectivity index (χ3v) is 7.79. The summed E-state index contributed by atoms with van der Waals surface area (Å²) in [5.74, 6) is 1.09. The standard InChI is InChI=1S/C13H22N2O2S3/c1-2-18-12-4-3-10(9-12)15-20(16,17)13-6-5-11(19-13)7-8-14/h5-6,10,12,15H,2-4,7-9,14H2,1H3. The van der Waals surface area contributed by atoms with Gasteiger partial charge in [-0.3, -0.25) is 0 Å². The Hall–Kier alpha value is -0.0800. The zero-order chi connectivity index (χ0) is 14.6. The molecule has 1 aromatic heterocycles. The Morgan fingerprint density at radius 2 is 2.25 bits per heavy atom. The smallest absolute Gasteiger partial charge is 0.250 e. The number of thiophene rings is 1. The van der Waals surface area contributed by atoms with Gasteiger partial charge in [0.05, 0.1) is 0 Å². The third kappa shape index (κ3) is 4.21. The Morgan fingerprint density at radius 3 is 2.95 bits per heavy atom. The second kappa shape index (κ2) is 7.26. The van der Waals surface area contributed by atoms with Gasteiger partial charge < -0.3 is 5.73 Å². The van der Waals surface area contributed by atoms with E-state index in [1.165, 1.54) is 11.3 Å². The van der Waals surface area contributed by atoms with Crippen LogP contribution in [0.4, 0.5) is 0 Å². The van der Waals surface area contributed by atoms with Gasteiger partial charge in [0.25, 0.3) is 0 Å². The molecule has 1 aromatic rings. The van der Waals surface area contributed by atoms with E-state index in [-0.39, 0.29) is 6.04 Å². The molecule has 1 saturated carbocycles. The van der Waals surface area contributed by atoms with Crippen LogP contribution in [0.5, 0.6) is 0 Å². The zero-order valence-electron chi connectivity index (χ0n) is 11.7. The minimum atomic E-state index is -3.36. The zero-order valence-corrected chi connectivity index (χ0v) is 14.1. The van der Waals surface area contributed by atoms with Crippen LogP contribution in [0.15, 0.2) is 16.3 Å². The highest BCUT2D eigenvalue weighted by Gasteiger charge is 2.29. The van der Waals surface area contributed by atoms with Crippen LogP contribution >= 0.6 is 23.1 Å². The van der Waals surface area contributed by atoms with E-state index in [1.54, 1.807) is 6.07 Å². The van der Waals surface area contributed by atoms with Crippen molar-refractivity contribution in [1.82, 2.24) is 4.72 Å². The average Bonchev–Trinajstić information content (AvgIpc) is 3.00. The van der Waals surface area contributed by atoms with Crippen molar-refractivity contribution in [3.05, 3.63) is 17.0 Å². The van der Waals surface area contributed by atoms with Crippen molar-refractivity contribution < 1.29 is 8.42 Å². The predicted octanol–water partition coefficient (Wildman–Crippen LogP) is 2.20. The number of sulfonamides is 1. The largest absolute Gasteiger partial charge is 0.330 e. The van der Waals surface area contributed by atoms with Gasteiger partial charge in [-0.25, -0.2) is 13.1 Å². The summed E-state index contributed by atoms with van der Waals surface area (Å²) in [6.07, 6.45) is 3.73. The SMILES string of the molecule is CCSC1CCC(NS(=O)(=O)c2ccc(CCN)s2)C1. The molecule has 4 nitrogen and oxygen atoms in total. The monoisotopic (exact) mass is 334 g/mol. The lowest BCUT2D eigenvalue weighted by Crippen LogP contribution is -2.32. The Bertz CT molecular complexity index is 527. The summed E-state index contributed by atoms with van der Waals surface area (Å²) in [6, 6.07) is 3.63. The molecule has 2 unspecified atom stereocenters. The highest BCUT2D eigenvalue weighted by atomic mass is 32.2. The van der Waals surface area contributed by atoms with E-state index < -0.39 is 10.0 Å². The maximum atomic E-state index is 12.3. The molecule has 1 fully saturated rings. The van der Waals surface area contributed by atoms with Crippen molar-refractivity contribution in [2.45, 2.75) is 48.1 Å². The van der Waals surface area contributed by atoms with Crippen LogP contribution in [-0.2, 0) is 16.4 Å². The van der Waals surface area contributed by atoms with Gasteiger partial charge in [-0.15, -0.1) is 11.3 Å². The molecule has 0 saturated heterocycles. The van der Waals surface area contributed by atoms with Gasteiger partial charge in [0, 0.05) is 16.2 Å². The van der Waals surface area contributed by atoms with Crippen LogP contribution < -0.4 is 10.5 Å². The predicted molar refractivity (Wildman–Crippen MR) is 87.0 cm³/mol. The first kappa shape index (κ1) is 16.3. The van der Waals surface area contributed by atoms with Gasteiger partial charge >= 0.3 is 0 Å². The first-order valence-corrected chi connectivity index (χ1v) is 10.3. The van der Waals surface area contributed by atoms with Crippen LogP contribution in [0.25, 0.3) is 0 Å². The fourth-order valence-electron chi connectivity index (χ4n) is 2.49. The third-order valence-electron chi connectivity index (χ3n) is 3.40. The van der Waals surface area contributed by atoms with Crippen LogP contribution in [0.3, 0.4) is 0 Å². The summed E-state index contributed by atoms with van der Waals surface area (Å²) in [4.78, 5) is 1.03.